The van der Waals surface area contributed by atoms with Gasteiger partial charge in [0.2, 0.25) is 0 Å². The monoisotopic (exact) mass is 198 g/mol. The van der Waals surface area contributed by atoms with E-state index in [2.05, 4.69) is 50.3 Å². The van der Waals surface area contributed by atoms with Crippen molar-refractivity contribution in [1.82, 2.24) is 0 Å². The van der Waals surface area contributed by atoms with Gasteiger partial charge >= 0.3 is 0 Å². The van der Waals surface area contributed by atoms with Gasteiger partial charge in [-0.15, -0.1) is 0 Å². The zero-order valence-corrected chi connectivity index (χ0v) is 9.59. The van der Waals surface area contributed by atoms with E-state index in [1.165, 1.54) is 35.1 Å². The molecular weight excluding hydrogens is 180 g/mol. The van der Waals surface area contributed by atoms with Crippen molar-refractivity contribution < 1.29 is 0 Å². The van der Waals surface area contributed by atoms with E-state index < -0.39 is 0 Å². The van der Waals surface area contributed by atoms with Crippen LogP contribution in [0.1, 0.15) is 37.8 Å². The summed E-state index contributed by atoms with van der Waals surface area (Å²) in [6.07, 6.45) is 8.12. The normalized spacial score (nSPS) is 15.1. The molecule has 0 saturated carbocycles. The Morgan fingerprint density at radius 1 is 1.27 bits per heavy atom. The molecule has 0 atom stereocenters. The highest BCUT2D eigenvalue weighted by atomic mass is 14.2. The Kier molecular flexibility index (Phi) is 3.05. The van der Waals surface area contributed by atoms with E-state index in [1.54, 1.807) is 0 Å². The van der Waals surface area contributed by atoms with Crippen LogP contribution < -0.4 is 0 Å². The molecule has 15 heavy (non-hydrogen) atoms. The Hall–Kier alpha value is -1.30. The minimum atomic E-state index is 1.13. The Bertz CT molecular complexity index is 408. The maximum atomic E-state index is 2.30. The lowest BCUT2D eigenvalue weighted by atomic mass is 10.0. The Balaban J connectivity index is 2.28. The van der Waals surface area contributed by atoms with Gasteiger partial charge in [0, 0.05) is 0 Å². The lowest BCUT2D eigenvalue weighted by molar-refractivity contribution is 0.959. The van der Waals surface area contributed by atoms with Crippen molar-refractivity contribution in [3.63, 3.8) is 0 Å². The minimum Gasteiger partial charge on any atom is -0.0839 e. The average Bonchev–Trinajstić information content (AvgIpc) is 2.56. The second kappa shape index (κ2) is 4.48. The summed E-state index contributed by atoms with van der Waals surface area (Å²) in [6.45, 7) is 4.46. The zero-order valence-electron chi connectivity index (χ0n) is 9.59. The smallest absolute Gasteiger partial charge is 0.00545 e. The Labute approximate surface area is 92.3 Å². The number of hydrogen-bond acceptors (Lipinski definition) is 0. The van der Waals surface area contributed by atoms with Crippen LogP contribution in [0.4, 0.5) is 0 Å². The topological polar surface area (TPSA) is 0 Å². The van der Waals surface area contributed by atoms with Crippen LogP contribution >= 0.6 is 0 Å². The van der Waals surface area contributed by atoms with Crippen molar-refractivity contribution in [1.29, 1.82) is 0 Å². The van der Waals surface area contributed by atoms with Gasteiger partial charge in [-0.25, -0.2) is 0 Å². The standard InChI is InChI=1S/C15H18/c1-3-4-5-9-14-12(2)11-13-8-6-7-10-15(13)14/h5-10H,3-4,11H2,1-2H3/b9-5-. The summed E-state index contributed by atoms with van der Waals surface area (Å²) in [5, 5.41) is 0. The van der Waals surface area contributed by atoms with Crippen LogP contribution in [0.2, 0.25) is 0 Å². The second-order valence-corrected chi connectivity index (χ2v) is 4.22. The van der Waals surface area contributed by atoms with Gasteiger partial charge in [-0.1, -0.05) is 55.3 Å². The van der Waals surface area contributed by atoms with Crippen molar-refractivity contribution in [3.8, 4) is 0 Å². The molecule has 0 aromatic heterocycles. The molecular formula is C15H18. The van der Waals surface area contributed by atoms with Gasteiger partial charge in [-0.2, -0.15) is 0 Å². The molecule has 1 aromatic rings. The minimum absolute atomic E-state index is 1.13. The molecule has 0 amide bonds. The molecule has 0 heterocycles. The largest absolute Gasteiger partial charge is 0.0839 e. The summed E-state index contributed by atoms with van der Waals surface area (Å²) >= 11 is 0. The van der Waals surface area contributed by atoms with Crippen LogP contribution in [0.3, 0.4) is 0 Å². The summed E-state index contributed by atoms with van der Waals surface area (Å²) in [7, 11) is 0. The molecule has 0 saturated heterocycles. The number of rotatable bonds is 3. The zero-order chi connectivity index (χ0) is 10.7. The van der Waals surface area contributed by atoms with Crippen LogP contribution in [0.25, 0.3) is 5.57 Å². The molecule has 0 bridgehead atoms. The highest BCUT2D eigenvalue weighted by molar-refractivity contribution is 5.82. The number of unbranched alkanes of at least 4 members (excludes halogenated alkanes) is 1. The summed E-state index contributed by atoms with van der Waals surface area (Å²) in [5.41, 5.74) is 5.86. The van der Waals surface area contributed by atoms with Crippen LogP contribution in [-0.2, 0) is 6.42 Å². The van der Waals surface area contributed by atoms with E-state index in [9.17, 15) is 0 Å². The maximum absolute atomic E-state index is 2.30. The van der Waals surface area contributed by atoms with E-state index >= 15 is 0 Å². The van der Waals surface area contributed by atoms with E-state index in [0.717, 1.165) is 6.42 Å². The lowest BCUT2D eigenvalue weighted by Gasteiger charge is -2.00. The fourth-order valence-corrected chi connectivity index (χ4v) is 2.15. The predicted molar refractivity (Wildman–Crippen MR) is 66.8 cm³/mol. The SMILES string of the molecule is CCC/C=C\C1=C(C)Cc2ccccc21. The van der Waals surface area contributed by atoms with Gasteiger partial charge in [0.1, 0.15) is 0 Å². The van der Waals surface area contributed by atoms with Crippen LogP contribution in [0.5, 0.6) is 0 Å². The number of benzene rings is 1. The molecule has 0 nitrogen and oxygen atoms in total. The Morgan fingerprint density at radius 3 is 2.87 bits per heavy atom. The van der Waals surface area contributed by atoms with Gasteiger partial charge in [0.25, 0.3) is 0 Å². The third-order valence-corrected chi connectivity index (χ3v) is 2.96. The van der Waals surface area contributed by atoms with Crippen molar-refractivity contribution in [2.24, 2.45) is 0 Å². The van der Waals surface area contributed by atoms with Gasteiger partial charge in [-0.3, -0.25) is 0 Å². The average molecular weight is 198 g/mol. The summed E-state index contributed by atoms with van der Waals surface area (Å²) < 4.78 is 0. The first kappa shape index (κ1) is 10.2. The lowest BCUT2D eigenvalue weighted by Crippen LogP contribution is -1.80. The third-order valence-electron chi connectivity index (χ3n) is 2.96. The summed E-state index contributed by atoms with van der Waals surface area (Å²) in [4.78, 5) is 0. The van der Waals surface area contributed by atoms with Crippen LogP contribution in [0.15, 0.2) is 42.0 Å². The van der Waals surface area contributed by atoms with Crippen molar-refractivity contribution in [3.05, 3.63) is 53.1 Å². The molecule has 0 spiro atoms. The molecule has 1 aromatic carbocycles. The van der Waals surface area contributed by atoms with E-state index in [1.807, 2.05) is 0 Å². The van der Waals surface area contributed by atoms with Crippen LogP contribution in [-0.4, -0.2) is 0 Å². The van der Waals surface area contributed by atoms with E-state index in [-0.39, 0.29) is 0 Å². The van der Waals surface area contributed by atoms with Gasteiger partial charge in [-0.05, 0) is 36.5 Å². The quantitative estimate of drug-likeness (QED) is 0.676. The molecule has 2 rings (SSSR count). The molecule has 78 valence electrons. The predicted octanol–water partition coefficient (Wildman–Crippen LogP) is 4.37. The van der Waals surface area contributed by atoms with Gasteiger partial charge in [0.05, 0.1) is 0 Å². The van der Waals surface area contributed by atoms with Gasteiger partial charge in [0.15, 0.2) is 0 Å². The molecule has 0 aliphatic heterocycles. The first-order valence-corrected chi connectivity index (χ1v) is 5.77. The first-order chi connectivity index (χ1) is 7.33. The third kappa shape index (κ3) is 2.04. The van der Waals surface area contributed by atoms with Crippen LogP contribution in [0, 0.1) is 0 Å². The molecule has 0 heteroatoms. The molecule has 0 radical (unpaired) electrons. The highest BCUT2D eigenvalue weighted by Crippen LogP contribution is 2.33. The first-order valence-electron chi connectivity index (χ1n) is 5.77. The summed E-state index contributed by atoms with van der Waals surface area (Å²) in [5.74, 6) is 0. The number of hydrogen-bond donors (Lipinski definition) is 0. The Morgan fingerprint density at radius 2 is 2.07 bits per heavy atom. The van der Waals surface area contributed by atoms with Crippen molar-refractivity contribution in [2.45, 2.75) is 33.1 Å². The molecule has 0 fully saturated rings. The maximum Gasteiger partial charge on any atom is -0.00545 e. The summed E-state index contributed by atoms with van der Waals surface area (Å²) in [6, 6.07) is 8.73. The molecule has 1 aliphatic carbocycles. The van der Waals surface area contributed by atoms with E-state index in [4.69, 9.17) is 0 Å². The second-order valence-electron chi connectivity index (χ2n) is 4.22. The van der Waals surface area contributed by atoms with E-state index in [0.29, 0.717) is 0 Å². The number of fused-ring (bicyclic) bond motifs is 1. The number of allylic oxidation sites excluding steroid dienone is 4. The molecule has 1 aliphatic rings. The van der Waals surface area contributed by atoms with Crippen molar-refractivity contribution in [2.75, 3.05) is 0 Å². The van der Waals surface area contributed by atoms with Gasteiger partial charge < -0.3 is 0 Å². The van der Waals surface area contributed by atoms with Crippen molar-refractivity contribution >= 4 is 5.57 Å². The fourth-order valence-electron chi connectivity index (χ4n) is 2.15. The molecule has 0 N–H and O–H groups in total. The molecule has 0 unspecified atom stereocenters. The highest BCUT2D eigenvalue weighted by Gasteiger charge is 2.15. The fraction of sp³-hybridized carbons (Fsp3) is 0.333.